The van der Waals surface area contributed by atoms with Gasteiger partial charge in [-0.3, -0.25) is 9.59 Å². The highest BCUT2D eigenvalue weighted by molar-refractivity contribution is 6.35. The standard InChI is InChI=1S/C15H27N3O2/c1-12-4-2-5-13(7-6-12)17-14(19)15(20)18-10-3-8-16-9-11-18/h12-13,16H,2-11H2,1H3,(H,17,19). The summed E-state index contributed by atoms with van der Waals surface area (Å²) in [5.74, 6) is -0.0262. The van der Waals surface area contributed by atoms with Gasteiger partial charge in [0.25, 0.3) is 0 Å². The molecule has 1 aliphatic heterocycles. The molecule has 1 saturated carbocycles. The fraction of sp³-hybridized carbons (Fsp3) is 0.867. The Morgan fingerprint density at radius 1 is 1.05 bits per heavy atom. The molecule has 0 aromatic heterocycles. The van der Waals surface area contributed by atoms with Gasteiger partial charge < -0.3 is 15.5 Å². The zero-order chi connectivity index (χ0) is 14.4. The van der Waals surface area contributed by atoms with Gasteiger partial charge in [-0.2, -0.15) is 0 Å². The minimum absolute atomic E-state index is 0.182. The van der Waals surface area contributed by atoms with E-state index < -0.39 is 5.91 Å². The van der Waals surface area contributed by atoms with E-state index in [1.165, 1.54) is 6.42 Å². The minimum Gasteiger partial charge on any atom is -0.345 e. The topological polar surface area (TPSA) is 61.4 Å². The van der Waals surface area contributed by atoms with Crippen LogP contribution < -0.4 is 10.6 Å². The highest BCUT2D eigenvalue weighted by atomic mass is 16.2. The molecule has 2 N–H and O–H groups in total. The number of hydrogen-bond donors (Lipinski definition) is 2. The van der Waals surface area contributed by atoms with Gasteiger partial charge in [0, 0.05) is 25.7 Å². The van der Waals surface area contributed by atoms with Crippen molar-refractivity contribution in [2.24, 2.45) is 5.92 Å². The Kier molecular flexibility index (Phi) is 5.83. The first-order valence-electron chi connectivity index (χ1n) is 7.97. The predicted octanol–water partition coefficient (Wildman–Crippen LogP) is 0.893. The summed E-state index contributed by atoms with van der Waals surface area (Å²) in [6, 6.07) is 0.182. The van der Waals surface area contributed by atoms with Gasteiger partial charge in [0.2, 0.25) is 0 Å². The summed E-state index contributed by atoms with van der Waals surface area (Å²) in [7, 11) is 0. The Balaban J connectivity index is 1.82. The number of carbonyl (C=O) groups excluding carboxylic acids is 2. The Morgan fingerprint density at radius 2 is 1.90 bits per heavy atom. The third kappa shape index (κ3) is 4.47. The Labute approximate surface area is 121 Å². The van der Waals surface area contributed by atoms with Crippen LogP contribution in [-0.4, -0.2) is 48.9 Å². The fourth-order valence-corrected chi connectivity index (χ4v) is 3.07. The van der Waals surface area contributed by atoms with E-state index in [0.29, 0.717) is 13.1 Å². The summed E-state index contributed by atoms with van der Waals surface area (Å²) in [5, 5.41) is 6.19. The largest absolute Gasteiger partial charge is 0.345 e. The third-order valence-corrected chi connectivity index (χ3v) is 4.41. The second-order valence-electron chi connectivity index (χ2n) is 6.18. The van der Waals surface area contributed by atoms with Crippen LogP contribution in [0.4, 0.5) is 0 Å². The molecule has 0 aromatic rings. The molecule has 2 amide bonds. The molecular formula is C15H27N3O2. The molecule has 0 bridgehead atoms. The molecule has 2 fully saturated rings. The predicted molar refractivity (Wildman–Crippen MR) is 78.2 cm³/mol. The smallest absolute Gasteiger partial charge is 0.311 e. The molecule has 2 aliphatic rings. The second-order valence-corrected chi connectivity index (χ2v) is 6.18. The van der Waals surface area contributed by atoms with Gasteiger partial charge in [0.1, 0.15) is 0 Å². The van der Waals surface area contributed by atoms with Crippen molar-refractivity contribution in [1.29, 1.82) is 0 Å². The number of amides is 2. The first-order valence-corrected chi connectivity index (χ1v) is 7.97. The summed E-state index contributed by atoms with van der Waals surface area (Å²) in [5.41, 5.74) is 0. The number of nitrogens with zero attached hydrogens (tertiary/aromatic N) is 1. The normalized spacial score (nSPS) is 28.4. The molecule has 0 spiro atoms. The van der Waals surface area contributed by atoms with Crippen LogP contribution in [0.2, 0.25) is 0 Å². The average Bonchev–Trinajstić information content (AvgIpc) is 2.81. The SMILES string of the molecule is CC1CCCC(NC(=O)C(=O)N2CCCNCC2)CC1. The second kappa shape index (κ2) is 7.62. The van der Waals surface area contributed by atoms with Gasteiger partial charge in [-0.1, -0.05) is 19.8 Å². The van der Waals surface area contributed by atoms with Gasteiger partial charge >= 0.3 is 11.8 Å². The van der Waals surface area contributed by atoms with E-state index in [1.807, 2.05) is 0 Å². The van der Waals surface area contributed by atoms with Gasteiger partial charge in [-0.05, 0) is 38.1 Å². The number of hydrogen-bond acceptors (Lipinski definition) is 3. The molecule has 0 radical (unpaired) electrons. The zero-order valence-electron chi connectivity index (χ0n) is 12.5. The molecule has 2 atom stereocenters. The molecule has 2 unspecified atom stereocenters. The molecule has 5 heteroatoms. The maximum Gasteiger partial charge on any atom is 0.311 e. The van der Waals surface area contributed by atoms with Crippen LogP contribution in [0.25, 0.3) is 0 Å². The van der Waals surface area contributed by atoms with Crippen molar-refractivity contribution in [3.05, 3.63) is 0 Å². The number of carbonyl (C=O) groups is 2. The quantitative estimate of drug-likeness (QED) is 0.554. The Bertz CT molecular complexity index is 338. The summed E-state index contributed by atoms with van der Waals surface area (Å²) in [4.78, 5) is 25.9. The van der Waals surface area contributed by atoms with E-state index in [-0.39, 0.29) is 11.9 Å². The van der Waals surface area contributed by atoms with Gasteiger partial charge in [-0.15, -0.1) is 0 Å². The zero-order valence-corrected chi connectivity index (χ0v) is 12.5. The van der Waals surface area contributed by atoms with Crippen molar-refractivity contribution >= 4 is 11.8 Å². The van der Waals surface area contributed by atoms with Gasteiger partial charge in [0.05, 0.1) is 0 Å². The molecule has 114 valence electrons. The van der Waals surface area contributed by atoms with E-state index in [0.717, 1.165) is 51.1 Å². The maximum atomic E-state index is 12.2. The van der Waals surface area contributed by atoms with E-state index in [4.69, 9.17) is 0 Å². The molecule has 1 saturated heterocycles. The van der Waals surface area contributed by atoms with E-state index >= 15 is 0 Å². The lowest BCUT2D eigenvalue weighted by molar-refractivity contribution is -0.146. The van der Waals surface area contributed by atoms with Gasteiger partial charge in [0.15, 0.2) is 0 Å². The lowest BCUT2D eigenvalue weighted by Gasteiger charge is -2.21. The highest BCUT2D eigenvalue weighted by Crippen LogP contribution is 2.22. The summed E-state index contributed by atoms with van der Waals surface area (Å²) >= 11 is 0. The lowest BCUT2D eigenvalue weighted by atomic mass is 10.0. The van der Waals surface area contributed by atoms with Crippen LogP contribution >= 0.6 is 0 Å². The molecule has 1 heterocycles. The van der Waals surface area contributed by atoms with E-state index in [1.54, 1.807) is 4.90 Å². The van der Waals surface area contributed by atoms with Crippen molar-refractivity contribution in [2.75, 3.05) is 26.2 Å². The molecular weight excluding hydrogens is 254 g/mol. The maximum absolute atomic E-state index is 12.2. The molecule has 2 rings (SSSR count). The van der Waals surface area contributed by atoms with Crippen molar-refractivity contribution in [1.82, 2.24) is 15.5 Å². The highest BCUT2D eigenvalue weighted by Gasteiger charge is 2.25. The molecule has 5 nitrogen and oxygen atoms in total. The third-order valence-electron chi connectivity index (χ3n) is 4.41. The number of rotatable bonds is 1. The number of nitrogens with one attached hydrogen (secondary N) is 2. The fourth-order valence-electron chi connectivity index (χ4n) is 3.07. The van der Waals surface area contributed by atoms with Crippen LogP contribution in [0.3, 0.4) is 0 Å². The van der Waals surface area contributed by atoms with Gasteiger partial charge in [-0.25, -0.2) is 0 Å². The Morgan fingerprint density at radius 3 is 2.75 bits per heavy atom. The first-order chi connectivity index (χ1) is 9.66. The van der Waals surface area contributed by atoms with Crippen LogP contribution in [0.5, 0.6) is 0 Å². The van der Waals surface area contributed by atoms with Crippen molar-refractivity contribution in [3.8, 4) is 0 Å². The average molecular weight is 281 g/mol. The van der Waals surface area contributed by atoms with E-state index in [9.17, 15) is 9.59 Å². The van der Waals surface area contributed by atoms with Crippen molar-refractivity contribution in [2.45, 2.75) is 51.5 Å². The van der Waals surface area contributed by atoms with Crippen LogP contribution in [0.15, 0.2) is 0 Å². The van der Waals surface area contributed by atoms with Crippen LogP contribution in [0.1, 0.15) is 45.4 Å². The van der Waals surface area contributed by atoms with Crippen molar-refractivity contribution < 1.29 is 9.59 Å². The minimum atomic E-state index is -0.411. The molecule has 20 heavy (non-hydrogen) atoms. The first kappa shape index (κ1) is 15.3. The monoisotopic (exact) mass is 281 g/mol. The Hall–Kier alpha value is -1.10. The van der Waals surface area contributed by atoms with E-state index in [2.05, 4.69) is 17.6 Å². The molecule has 1 aliphatic carbocycles. The summed E-state index contributed by atoms with van der Waals surface area (Å²) < 4.78 is 0. The van der Waals surface area contributed by atoms with Crippen LogP contribution in [0, 0.1) is 5.92 Å². The van der Waals surface area contributed by atoms with Crippen LogP contribution in [-0.2, 0) is 9.59 Å². The summed E-state index contributed by atoms with van der Waals surface area (Å²) in [6.07, 6.45) is 6.45. The van der Waals surface area contributed by atoms with Crippen molar-refractivity contribution in [3.63, 3.8) is 0 Å². The summed E-state index contributed by atoms with van der Waals surface area (Å²) in [6.45, 7) is 5.28. The lowest BCUT2D eigenvalue weighted by Crippen LogP contribution is -2.47. The molecule has 0 aromatic carbocycles.